The first-order valence-electron chi connectivity index (χ1n) is 12.8. The zero-order valence-corrected chi connectivity index (χ0v) is 23.5. The van der Waals surface area contributed by atoms with E-state index in [1.807, 2.05) is 39.0 Å². The molecule has 2 aromatic heterocycles. The molecule has 0 spiro atoms. The third-order valence-electron chi connectivity index (χ3n) is 6.59. The summed E-state index contributed by atoms with van der Waals surface area (Å²) in [5.74, 6) is -0.167. The van der Waals surface area contributed by atoms with Crippen LogP contribution in [0.5, 0.6) is 0 Å². The number of carboxylic acids is 1. The Morgan fingerprint density at radius 3 is 2.49 bits per heavy atom. The highest BCUT2D eigenvalue weighted by Gasteiger charge is 2.42. The number of fused-ring (bicyclic) bond motifs is 1. The first kappa shape index (κ1) is 30.0. The van der Waals surface area contributed by atoms with Crippen molar-refractivity contribution in [3.8, 4) is 0 Å². The lowest BCUT2D eigenvalue weighted by molar-refractivity contribution is -0.137. The number of aryl methyl sites for hydroxylation is 2. The van der Waals surface area contributed by atoms with Gasteiger partial charge in [-0.05, 0) is 86.7 Å². The number of anilines is 2. The smallest absolute Gasteiger partial charge is 0.416 e. The van der Waals surface area contributed by atoms with Gasteiger partial charge in [-0.2, -0.15) is 13.2 Å². The van der Waals surface area contributed by atoms with Crippen molar-refractivity contribution in [3.63, 3.8) is 0 Å². The van der Waals surface area contributed by atoms with Crippen LogP contribution < -0.4 is 5.32 Å². The van der Waals surface area contributed by atoms with Crippen molar-refractivity contribution in [2.45, 2.75) is 45.4 Å². The number of aromatic nitrogens is 2. The lowest BCUT2D eigenvalue weighted by atomic mass is 9.96. The molecule has 2 aliphatic rings. The maximum Gasteiger partial charge on any atom is 0.416 e. The van der Waals surface area contributed by atoms with Crippen LogP contribution in [-0.2, 0) is 18.2 Å². The van der Waals surface area contributed by atoms with Crippen molar-refractivity contribution in [2.24, 2.45) is 4.99 Å². The van der Waals surface area contributed by atoms with E-state index in [1.165, 1.54) is 17.8 Å². The quantitative estimate of drug-likeness (QED) is 0.274. The van der Waals surface area contributed by atoms with Crippen molar-refractivity contribution in [1.82, 2.24) is 9.97 Å². The molecule has 1 atom stereocenters. The van der Waals surface area contributed by atoms with E-state index in [1.54, 1.807) is 24.4 Å². The first-order valence-corrected chi connectivity index (χ1v) is 13.8. The second kappa shape index (κ2) is 12.3. The number of allylic oxidation sites excluding steroid dienone is 2. The molecule has 0 saturated carbocycles. The van der Waals surface area contributed by atoms with Crippen LogP contribution in [0.25, 0.3) is 5.57 Å². The molecule has 3 aromatic rings. The topological polar surface area (TPSA) is 108 Å². The average molecular weight is 583 g/mol. The van der Waals surface area contributed by atoms with Crippen LogP contribution in [-0.4, -0.2) is 36.9 Å². The van der Waals surface area contributed by atoms with Crippen molar-refractivity contribution in [1.29, 1.82) is 0 Å². The van der Waals surface area contributed by atoms with Crippen LogP contribution >= 0.6 is 11.8 Å². The molecule has 0 saturated heterocycles. The number of pyridine rings is 2. The molecule has 11 heteroatoms. The molecule has 7 nitrogen and oxygen atoms in total. The number of carbonyl (C=O) groups is 1. The third kappa shape index (κ3) is 6.86. The fraction of sp³-hybridized carbons (Fsp3) is 0.267. The molecule has 1 unspecified atom stereocenters. The van der Waals surface area contributed by atoms with Crippen LogP contribution in [0.1, 0.15) is 58.6 Å². The van der Waals surface area contributed by atoms with E-state index in [0.29, 0.717) is 40.7 Å². The second-order valence-electron chi connectivity index (χ2n) is 9.55. The highest BCUT2D eigenvalue weighted by atomic mass is 32.2. The number of hydrogen-bond acceptors (Lipinski definition) is 7. The average Bonchev–Trinajstić information content (AvgIpc) is 3.29. The van der Waals surface area contributed by atoms with Gasteiger partial charge in [-0.1, -0.05) is 18.2 Å². The Balaban J connectivity index is 0.000000909. The molecule has 1 aliphatic heterocycles. The fourth-order valence-electron chi connectivity index (χ4n) is 4.44. The standard InChI is InChI=1S/C26H21F3N4O3S.C4H8/c1-14-8-20(32-22(9-14)33-21-11-18(5-7-30-21)26(27,28)29)17-12-31-24(37-13-17)25(36)6-4-15-10-16(23(34)35)2-3-19(15)25;1-3-4-2/h2-3,5,7-12,36H,4,6,13H2,1H3,(H,34,35)(H,30,32,33);3-4H,1-2H3/b;4-3-. The molecule has 1 aliphatic carbocycles. The van der Waals surface area contributed by atoms with E-state index in [9.17, 15) is 28.2 Å². The van der Waals surface area contributed by atoms with Crippen LogP contribution in [0, 0.1) is 6.92 Å². The Hall–Kier alpha value is -3.96. The number of nitrogens with zero attached hydrogens (tertiary/aromatic N) is 3. The van der Waals surface area contributed by atoms with Crippen LogP contribution in [0.3, 0.4) is 0 Å². The summed E-state index contributed by atoms with van der Waals surface area (Å²) in [5.41, 5.74) is 1.78. The zero-order valence-electron chi connectivity index (χ0n) is 22.7. The fourth-order valence-corrected chi connectivity index (χ4v) is 5.53. The molecule has 0 fully saturated rings. The van der Waals surface area contributed by atoms with E-state index in [0.717, 1.165) is 35.0 Å². The molecule has 0 radical (unpaired) electrons. The first-order chi connectivity index (χ1) is 19.4. The number of carboxylic acid groups (broad SMARTS) is 1. The van der Waals surface area contributed by atoms with Gasteiger partial charge in [-0.25, -0.2) is 14.8 Å². The van der Waals surface area contributed by atoms with Gasteiger partial charge in [0.05, 0.1) is 16.8 Å². The molecule has 3 N–H and O–H groups in total. The Bertz CT molecular complexity index is 1550. The number of rotatable bonds is 5. The Morgan fingerprint density at radius 2 is 1.85 bits per heavy atom. The highest BCUT2D eigenvalue weighted by molar-refractivity contribution is 8.14. The van der Waals surface area contributed by atoms with Crippen molar-refractivity contribution in [2.75, 3.05) is 11.1 Å². The molecule has 3 heterocycles. The Labute approximate surface area is 240 Å². The summed E-state index contributed by atoms with van der Waals surface area (Å²) in [6, 6.07) is 10.1. The van der Waals surface area contributed by atoms with Gasteiger partial charge in [0.25, 0.3) is 0 Å². The second-order valence-corrected chi connectivity index (χ2v) is 10.5. The molecule has 0 bridgehead atoms. The largest absolute Gasteiger partial charge is 0.478 e. The Kier molecular flexibility index (Phi) is 8.98. The molecule has 214 valence electrons. The van der Waals surface area contributed by atoms with Crippen molar-refractivity contribution in [3.05, 3.63) is 101 Å². The summed E-state index contributed by atoms with van der Waals surface area (Å²) < 4.78 is 39.1. The molecular formula is C30H29F3N4O3S. The molecule has 41 heavy (non-hydrogen) atoms. The van der Waals surface area contributed by atoms with Gasteiger partial charge in [0, 0.05) is 23.7 Å². The van der Waals surface area contributed by atoms with E-state index < -0.39 is 23.3 Å². The summed E-state index contributed by atoms with van der Waals surface area (Å²) >= 11 is 1.37. The maximum absolute atomic E-state index is 13.0. The summed E-state index contributed by atoms with van der Waals surface area (Å²) in [4.78, 5) is 24.3. The summed E-state index contributed by atoms with van der Waals surface area (Å²) in [6.45, 7) is 5.85. The summed E-state index contributed by atoms with van der Waals surface area (Å²) in [7, 11) is 0. The predicted molar refractivity (Wildman–Crippen MR) is 155 cm³/mol. The van der Waals surface area contributed by atoms with Gasteiger partial charge in [0.1, 0.15) is 22.3 Å². The van der Waals surface area contributed by atoms with E-state index in [-0.39, 0.29) is 11.4 Å². The monoisotopic (exact) mass is 582 g/mol. The van der Waals surface area contributed by atoms with Gasteiger partial charge < -0.3 is 15.5 Å². The number of aliphatic imine (C=N–C) groups is 1. The molecule has 1 aromatic carbocycles. The lowest BCUT2D eigenvalue weighted by Gasteiger charge is -2.27. The Morgan fingerprint density at radius 1 is 1.10 bits per heavy atom. The predicted octanol–water partition coefficient (Wildman–Crippen LogP) is 7.15. The number of halogens is 3. The maximum atomic E-state index is 13.0. The number of nitrogens with one attached hydrogen (secondary N) is 1. The van der Waals surface area contributed by atoms with E-state index in [4.69, 9.17) is 0 Å². The molecule has 0 amide bonds. The van der Waals surface area contributed by atoms with E-state index >= 15 is 0 Å². The van der Waals surface area contributed by atoms with Crippen LogP contribution in [0.15, 0.2) is 72.0 Å². The number of hydrogen-bond donors (Lipinski definition) is 3. The minimum absolute atomic E-state index is 0.0272. The van der Waals surface area contributed by atoms with Gasteiger partial charge in [0.15, 0.2) is 0 Å². The van der Waals surface area contributed by atoms with Gasteiger partial charge >= 0.3 is 12.1 Å². The van der Waals surface area contributed by atoms with Crippen LogP contribution in [0.4, 0.5) is 24.8 Å². The summed E-state index contributed by atoms with van der Waals surface area (Å²) in [6.07, 6.45) is 3.20. The highest BCUT2D eigenvalue weighted by Crippen LogP contribution is 2.43. The minimum Gasteiger partial charge on any atom is -0.478 e. The number of alkyl halides is 3. The summed E-state index contributed by atoms with van der Waals surface area (Å²) in [5, 5.41) is 24.1. The minimum atomic E-state index is -4.48. The van der Waals surface area contributed by atoms with E-state index in [2.05, 4.69) is 20.3 Å². The van der Waals surface area contributed by atoms with Crippen molar-refractivity contribution < 1.29 is 28.2 Å². The lowest BCUT2D eigenvalue weighted by Crippen LogP contribution is -2.32. The third-order valence-corrected chi connectivity index (χ3v) is 7.76. The number of aromatic carboxylic acids is 1. The van der Waals surface area contributed by atoms with Gasteiger partial charge in [-0.3, -0.25) is 4.99 Å². The number of aliphatic hydroxyl groups is 1. The van der Waals surface area contributed by atoms with Crippen molar-refractivity contribution >= 4 is 40.0 Å². The molecular weight excluding hydrogens is 553 g/mol. The zero-order chi connectivity index (χ0) is 29.8. The normalized spacial score (nSPS) is 18.2. The number of thioether (sulfide) groups is 1. The SMILES string of the molecule is C/C=C\C.Cc1cc(Nc2cc(C(F)(F)F)ccn2)nc(C2=CN=C(C3(O)CCc4cc(C(=O)O)ccc43)SC2)c1. The number of benzene rings is 1. The molecule has 5 rings (SSSR count). The van der Waals surface area contributed by atoms with Gasteiger partial charge in [0.2, 0.25) is 0 Å². The van der Waals surface area contributed by atoms with Crippen LogP contribution in [0.2, 0.25) is 0 Å². The van der Waals surface area contributed by atoms with Gasteiger partial charge in [-0.15, -0.1) is 11.8 Å².